The fourth-order valence-electron chi connectivity index (χ4n) is 4.07. The molecular weight excluding hydrogens is 447 g/mol. The average molecular weight is 479 g/mol. The summed E-state index contributed by atoms with van der Waals surface area (Å²) in [5.41, 5.74) is 3.80. The molecule has 1 aliphatic heterocycles. The minimum absolute atomic E-state index is 0.0695. The molecule has 174 valence electrons. The summed E-state index contributed by atoms with van der Waals surface area (Å²) in [6, 6.07) is 4.09. The number of hydrogen-bond acceptors (Lipinski definition) is 6. The van der Waals surface area contributed by atoms with Gasteiger partial charge in [-0.05, 0) is 58.5 Å². The van der Waals surface area contributed by atoms with Crippen LogP contribution in [0.15, 0.2) is 23.7 Å². The smallest absolute Gasteiger partial charge is 0.243 e. The first-order valence-corrected chi connectivity index (χ1v) is 12.8. The van der Waals surface area contributed by atoms with Crippen molar-refractivity contribution in [3.63, 3.8) is 0 Å². The first-order valence-electron chi connectivity index (χ1n) is 10.7. The Morgan fingerprint density at radius 3 is 2.75 bits per heavy atom. The molecule has 0 spiro atoms. The molecule has 9 heteroatoms. The molecule has 1 aromatic heterocycles. The van der Waals surface area contributed by atoms with Crippen molar-refractivity contribution < 1.29 is 14.0 Å². The number of carbonyl (C=O) groups excluding carboxylic acids is 2. The van der Waals surface area contributed by atoms with E-state index < -0.39 is 12.1 Å². The van der Waals surface area contributed by atoms with Crippen LogP contribution < -0.4 is 10.6 Å². The number of likely N-dealkylation sites (N-methyl/N-ethyl adjacent to an activating group) is 1. The highest BCUT2D eigenvalue weighted by Gasteiger charge is 2.41. The van der Waals surface area contributed by atoms with Crippen LogP contribution in [0.25, 0.3) is 10.4 Å². The molecule has 3 rings (SSSR count). The molecule has 6 nitrogen and oxygen atoms in total. The largest absolute Gasteiger partial charge is 0.350 e. The zero-order valence-corrected chi connectivity index (χ0v) is 20.8. The molecule has 2 amide bonds. The predicted molar refractivity (Wildman–Crippen MR) is 129 cm³/mol. The zero-order chi connectivity index (χ0) is 23.5. The summed E-state index contributed by atoms with van der Waals surface area (Å²) >= 11 is 3.08. The van der Waals surface area contributed by atoms with Crippen LogP contribution in [0.1, 0.15) is 37.9 Å². The van der Waals surface area contributed by atoms with Gasteiger partial charge in [0.05, 0.1) is 16.1 Å². The van der Waals surface area contributed by atoms with Gasteiger partial charge in [0.2, 0.25) is 11.8 Å². The van der Waals surface area contributed by atoms with Gasteiger partial charge in [-0.15, -0.1) is 11.3 Å². The molecule has 1 aromatic carbocycles. The number of benzene rings is 1. The standard InChI is InChI=1S/C23H31FN4O2S2/c1-14-19(32-13-27-14)15-8-9-16(17(24)11-15)12-26-21(29)18-7-6-10-28(18)22(30)20(25-4)23(2,3)31-5/h8-9,11,13,18,20,25H,6-7,10,12H2,1-5H3,(H,26,29). The summed E-state index contributed by atoms with van der Waals surface area (Å²) in [5, 5.41) is 5.95. The molecule has 0 bridgehead atoms. The van der Waals surface area contributed by atoms with Gasteiger partial charge in [0.15, 0.2) is 0 Å². The van der Waals surface area contributed by atoms with Crippen LogP contribution in [0, 0.1) is 12.7 Å². The van der Waals surface area contributed by atoms with E-state index in [0.717, 1.165) is 22.6 Å². The van der Waals surface area contributed by atoms with Gasteiger partial charge in [0, 0.05) is 23.4 Å². The number of rotatable bonds is 8. The van der Waals surface area contributed by atoms with Crippen LogP contribution >= 0.6 is 23.1 Å². The van der Waals surface area contributed by atoms with E-state index in [1.54, 1.807) is 35.3 Å². The second-order valence-electron chi connectivity index (χ2n) is 8.51. The number of thiazole rings is 1. The Hall–Kier alpha value is -1.97. The lowest BCUT2D eigenvalue weighted by atomic mass is 10.0. The van der Waals surface area contributed by atoms with Crippen molar-refractivity contribution in [3.8, 4) is 10.4 Å². The second-order valence-corrected chi connectivity index (χ2v) is 10.8. The van der Waals surface area contributed by atoms with Crippen LogP contribution in [0.5, 0.6) is 0 Å². The summed E-state index contributed by atoms with van der Waals surface area (Å²) in [7, 11) is 1.77. The van der Waals surface area contributed by atoms with Crippen molar-refractivity contribution in [2.75, 3.05) is 19.8 Å². The van der Waals surface area contributed by atoms with Crippen molar-refractivity contribution in [1.82, 2.24) is 20.5 Å². The Morgan fingerprint density at radius 1 is 1.41 bits per heavy atom. The third-order valence-electron chi connectivity index (χ3n) is 6.11. The second kappa shape index (κ2) is 10.3. The van der Waals surface area contributed by atoms with Gasteiger partial charge >= 0.3 is 0 Å². The number of hydrogen-bond donors (Lipinski definition) is 2. The number of nitrogens with one attached hydrogen (secondary N) is 2. The van der Waals surface area contributed by atoms with E-state index in [1.165, 1.54) is 17.4 Å². The molecule has 1 fully saturated rings. The molecule has 2 heterocycles. The normalized spacial score (nSPS) is 17.4. The number of amides is 2. The van der Waals surface area contributed by atoms with Crippen LogP contribution in [0.2, 0.25) is 0 Å². The van der Waals surface area contributed by atoms with E-state index in [9.17, 15) is 14.0 Å². The van der Waals surface area contributed by atoms with Gasteiger partial charge in [-0.1, -0.05) is 12.1 Å². The van der Waals surface area contributed by atoms with Gasteiger partial charge < -0.3 is 15.5 Å². The number of aromatic nitrogens is 1. The number of thioether (sulfide) groups is 1. The van der Waals surface area contributed by atoms with Gasteiger partial charge in [-0.25, -0.2) is 9.37 Å². The lowest BCUT2D eigenvalue weighted by molar-refractivity contribution is -0.140. The Balaban J connectivity index is 1.66. The molecule has 2 unspecified atom stereocenters. The molecular formula is C23H31FN4O2S2. The summed E-state index contributed by atoms with van der Waals surface area (Å²) in [6.07, 6.45) is 3.36. The van der Waals surface area contributed by atoms with Gasteiger partial charge in [0.1, 0.15) is 17.9 Å². The molecule has 2 N–H and O–H groups in total. The highest BCUT2D eigenvalue weighted by Crippen LogP contribution is 2.30. The lowest BCUT2D eigenvalue weighted by Gasteiger charge is -2.36. The topological polar surface area (TPSA) is 74.3 Å². The van der Waals surface area contributed by atoms with Crippen LogP contribution in [-0.4, -0.2) is 58.4 Å². The average Bonchev–Trinajstić information content (AvgIpc) is 3.42. The number of aryl methyl sites for hydroxylation is 1. The van der Waals surface area contributed by atoms with Crippen LogP contribution in [0.3, 0.4) is 0 Å². The summed E-state index contributed by atoms with van der Waals surface area (Å²) in [6.45, 7) is 6.56. The van der Waals surface area contributed by atoms with Crippen molar-refractivity contribution in [3.05, 3.63) is 40.8 Å². The van der Waals surface area contributed by atoms with E-state index in [2.05, 4.69) is 15.6 Å². The molecule has 2 aromatic rings. The van der Waals surface area contributed by atoms with Gasteiger partial charge in [0.25, 0.3) is 0 Å². The molecule has 1 saturated heterocycles. The van der Waals surface area contributed by atoms with E-state index in [1.807, 2.05) is 33.1 Å². The van der Waals surface area contributed by atoms with Crippen molar-refractivity contribution in [2.24, 2.45) is 0 Å². The van der Waals surface area contributed by atoms with E-state index in [4.69, 9.17) is 0 Å². The molecule has 1 aliphatic rings. The molecule has 0 radical (unpaired) electrons. The number of nitrogens with zero attached hydrogens (tertiary/aromatic N) is 2. The molecule has 0 aliphatic carbocycles. The number of likely N-dealkylation sites (tertiary alicyclic amines) is 1. The molecule has 2 atom stereocenters. The van der Waals surface area contributed by atoms with E-state index >= 15 is 0 Å². The maximum absolute atomic E-state index is 14.7. The van der Waals surface area contributed by atoms with Crippen molar-refractivity contribution >= 4 is 34.9 Å². The fraction of sp³-hybridized carbons (Fsp3) is 0.522. The Morgan fingerprint density at radius 2 is 2.16 bits per heavy atom. The number of carbonyl (C=O) groups is 2. The van der Waals surface area contributed by atoms with Crippen molar-refractivity contribution in [1.29, 1.82) is 0 Å². The molecule has 32 heavy (non-hydrogen) atoms. The number of halogens is 1. The highest BCUT2D eigenvalue weighted by molar-refractivity contribution is 8.00. The van der Waals surface area contributed by atoms with Crippen LogP contribution in [-0.2, 0) is 16.1 Å². The third kappa shape index (κ3) is 5.15. The van der Waals surface area contributed by atoms with Gasteiger partial charge in [-0.3, -0.25) is 9.59 Å². The van der Waals surface area contributed by atoms with E-state index in [-0.39, 0.29) is 28.9 Å². The van der Waals surface area contributed by atoms with E-state index in [0.29, 0.717) is 18.5 Å². The Labute approximate surface area is 197 Å². The van der Waals surface area contributed by atoms with Gasteiger partial charge in [-0.2, -0.15) is 11.8 Å². The minimum Gasteiger partial charge on any atom is -0.350 e. The SMILES string of the molecule is CNC(C(=O)N1CCCC1C(=O)NCc1ccc(-c2scnc2C)cc1F)C(C)(C)SC. The summed E-state index contributed by atoms with van der Waals surface area (Å²) in [4.78, 5) is 32.9. The minimum atomic E-state index is -0.529. The Kier molecular flexibility index (Phi) is 7.95. The zero-order valence-electron chi connectivity index (χ0n) is 19.2. The lowest BCUT2D eigenvalue weighted by Crippen LogP contribution is -2.57. The predicted octanol–water partition coefficient (Wildman–Crippen LogP) is 3.59. The fourth-order valence-corrected chi connectivity index (χ4v) is 5.32. The van der Waals surface area contributed by atoms with Crippen LogP contribution in [0.4, 0.5) is 4.39 Å². The summed E-state index contributed by atoms with van der Waals surface area (Å²) in [5.74, 6) is -0.679. The Bertz CT molecular complexity index is 979. The first-order chi connectivity index (χ1) is 15.2. The third-order valence-corrected chi connectivity index (χ3v) is 8.37. The molecule has 0 saturated carbocycles. The monoisotopic (exact) mass is 478 g/mol. The maximum atomic E-state index is 14.7. The van der Waals surface area contributed by atoms with Crippen molar-refractivity contribution in [2.45, 2.75) is 57.0 Å². The maximum Gasteiger partial charge on any atom is 0.243 e. The quantitative estimate of drug-likeness (QED) is 0.607. The highest BCUT2D eigenvalue weighted by atomic mass is 32.2. The summed E-state index contributed by atoms with van der Waals surface area (Å²) < 4.78 is 14.4. The first kappa shape index (κ1) is 24.7.